The van der Waals surface area contributed by atoms with E-state index in [9.17, 15) is 0 Å². The molecular formula is H9Na3O6P2S2. The fourth-order valence-electron chi connectivity index (χ4n) is 0. The van der Waals surface area contributed by atoms with Crippen molar-refractivity contribution in [1.29, 1.82) is 0 Å². The van der Waals surface area contributed by atoms with E-state index in [1.165, 1.54) is 0 Å². The zero-order valence-electron chi connectivity index (χ0n) is 10.4. The van der Waals surface area contributed by atoms with Crippen LogP contribution in [0.15, 0.2) is 0 Å². The van der Waals surface area contributed by atoms with Crippen molar-refractivity contribution in [3.63, 3.8) is 0 Å². The summed E-state index contributed by atoms with van der Waals surface area (Å²) < 4.78 is 0. The monoisotopic (exact) mass is 300 g/mol. The molecule has 0 aromatic heterocycles. The summed E-state index contributed by atoms with van der Waals surface area (Å²) in [6.45, 7) is -7.61. The summed E-state index contributed by atoms with van der Waals surface area (Å²) in [6, 6.07) is 0. The van der Waals surface area contributed by atoms with Crippen LogP contribution in [0.5, 0.6) is 0 Å². The minimum absolute atomic E-state index is 0. The quantitative estimate of drug-likeness (QED) is 0.193. The molecule has 13 heavy (non-hydrogen) atoms. The van der Waals surface area contributed by atoms with Crippen molar-refractivity contribution < 1.29 is 122 Å². The second-order valence-electron chi connectivity index (χ2n) is 1.03. The molecule has 0 aliphatic rings. The van der Waals surface area contributed by atoms with E-state index < -0.39 is 13.4 Å². The summed E-state index contributed by atoms with van der Waals surface area (Å²) in [5, 5.41) is 0. The molecular weight excluding hydrogens is 291 g/mol. The van der Waals surface area contributed by atoms with Gasteiger partial charge in [0.15, 0.2) is 0 Å². The van der Waals surface area contributed by atoms with Crippen molar-refractivity contribution in [2.45, 2.75) is 0 Å². The third-order valence-electron chi connectivity index (χ3n) is 0. The molecule has 0 aliphatic heterocycles. The van der Waals surface area contributed by atoms with Gasteiger partial charge in [-0.25, -0.2) is 0 Å². The van der Waals surface area contributed by atoms with E-state index >= 15 is 0 Å². The van der Waals surface area contributed by atoms with Crippen molar-refractivity contribution in [3.05, 3.63) is 0 Å². The maximum atomic E-state index is 7.56. The molecule has 70 valence electrons. The summed E-state index contributed by atoms with van der Waals surface area (Å²) in [4.78, 5) is 45.3. The Morgan fingerprint density at radius 3 is 0.615 bits per heavy atom. The standard InChI is InChI=1S/3Na.2H3O3PS.3H/c;;;2*1-4(2,3)5;;;/h;;;2*(H3,1,2,3,5);;;/q3*+1;;;3*-1. The molecule has 0 spiro atoms. The number of hydrogen-bond donors (Lipinski definition) is 6. The first-order chi connectivity index (χ1) is 4.00. The van der Waals surface area contributed by atoms with Crippen LogP contribution < -0.4 is 88.7 Å². The molecule has 0 radical (unpaired) electrons. The second kappa shape index (κ2) is 14.1. The summed E-state index contributed by atoms with van der Waals surface area (Å²) in [6.07, 6.45) is 0. The Balaban J connectivity index is -0.00000000970. The molecule has 0 amide bonds. The van der Waals surface area contributed by atoms with Crippen LogP contribution in [0.4, 0.5) is 0 Å². The minimum atomic E-state index is -3.81. The van der Waals surface area contributed by atoms with E-state index in [4.69, 9.17) is 29.4 Å². The summed E-state index contributed by atoms with van der Waals surface area (Å²) in [7, 11) is 0. The van der Waals surface area contributed by atoms with Crippen molar-refractivity contribution >= 4 is 37.1 Å². The van der Waals surface area contributed by atoms with E-state index in [1.54, 1.807) is 0 Å². The molecule has 0 aromatic carbocycles. The van der Waals surface area contributed by atoms with Gasteiger partial charge in [0.05, 0.1) is 0 Å². The summed E-state index contributed by atoms with van der Waals surface area (Å²) in [5.41, 5.74) is 0. The first-order valence-electron chi connectivity index (χ1n) is 1.57. The topological polar surface area (TPSA) is 121 Å². The van der Waals surface area contributed by atoms with Crippen LogP contribution in [0.3, 0.4) is 0 Å². The number of rotatable bonds is 0. The SMILES string of the molecule is OP(O)(O)=S.OP(O)(O)=S.[H-].[H-].[H-].[Na+].[Na+].[Na+]. The molecule has 0 rings (SSSR count). The van der Waals surface area contributed by atoms with E-state index in [0.717, 1.165) is 0 Å². The Kier molecular flexibility index (Phi) is 32.9. The molecule has 0 saturated carbocycles. The van der Waals surface area contributed by atoms with Gasteiger partial charge in [-0.05, 0) is 23.6 Å². The van der Waals surface area contributed by atoms with Crippen LogP contribution in [-0.2, 0) is 23.6 Å². The Bertz CT molecular complexity index is 147. The summed E-state index contributed by atoms with van der Waals surface area (Å²) in [5.74, 6) is 0. The molecule has 0 heterocycles. The van der Waals surface area contributed by atoms with Gasteiger partial charge in [-0.3, -0.25) is 0 Å². The van der Waals surface area contributed by atoms with Crippen molar-refractivity contribution in [3.8, 4) is 0 Å². The van der Waals surface area contributed by atoms with Crippen molar-refractivity contribution in [1.82, 2.24) is 0 Å². The first kappa shape index (κ1) is 30.3. The fraction of sp³-hybridized carbons (Fsp3) is 0. The number of hydrogen-bond acceptors (Lipinski definition) is 2. The Morgan fingerprint density at radius 1 is 0.615 bits per heavy atom. The molecule has 0 aliphatic carbocycles. The zero-order valence-corrected chi connectivity index (χ0v) is 16.8. The molecule has 6 N–H and O–H groups in total. The van der Waals surface area contributed by atoms with Crippen LogP contribution in [0.1, 0.15) is 4.28 Å². The van der Waals surface area contributed by atoms with Gasteiger partial charge in [-0.2, -0.15) is 0 Å². The zero-order chi connectivity index (χ0) is 9.00. The van der Waals surface area contributed by atoms with E-state index in [1.807, 2.05) is 0 Å². The van der Waals surface area contributed by atoms with Gasteiger partial charge in [0, 0.05) is 0 Å². The molecule has 13 heteroatoms. The predicted octanol–water partition coefficient (Wildman–Crippen LogP) is -10.3. The van der Waals surface area contributed by atoms with Crippen LogP contribution >= 0.6 is 13.4 Å². The molecule has 6 nitrogen and oxygen atoms in total. The largest absolute Gasteiger partial charge is 1.00 e. The molecule has 0 saturated heterocycles. The van der Waals surface area contributed by atoms with Gasteiger partial charge >= 0.3 is 102 Å². The molecule has 0 bridgehead atoms. The van der Waals surface area contributed by atoms with Crippen molar-refractivity contribution in [2.24, 2.45) is 0 Å². The maximum absolute atomic E-state index is 7.56. The fourth-order valence-corrected chi connectivity index (χ4v) is 0. The molecule has 0 aromatic rings. The van der Waals surface area contributed by atoms with Gasteiger partial charge in [0.1, 0.15) is 0 Å². The second-order valence-corrected chi connectivity index (χ2v) is 6.02. The third kappa shape index (κ3) is 193. The van der Waals surface area contributed by atoms with E-state index in [-0.39, 0.29) is 93.0 Å². The third-order valence-corrected chi connectivity index (χ3v) is 0. The Labute approximate surface area is 157 Å². The van der Waals surface area contributed by atoms with Crippen LogP contribution in [0, 0.1) is 0 Å². The van der Waals surface area contributed by atoms with Crippen LogP contribution in [0.2, 0.25) is 0 Å². The van der Waals surface area contributed by atoms with Gasteiger partial charge in [-0.15, -0.1) is 0 Å². The molecule has 0 atom stereocenters. The molecule has 0 unspecified atom stereocenters. The van der Waals surface area contributed by atoms with Gasteiger partial charge in [0.2, 0.25) is 0 Å². The smallest absolute Gasteiger partial charge is 1.00 e. The van der Waals surface area contributed by atoms with Gasteiger partial charge in [0.25, 0.3) is 0 Å². The van der Waals surface area contributed by atoms with Crippen LogP contribution in [-0.4, -0.2) is 29.4 Å². The average Bonchev–Trinajstić information content (AvgIpc) is 1.12. The van der Waals surface area contributed by atoms with Crippen molar-refractivity contribution in [2.75, 3.05) is 0 Å². The average molecular weight is 300 g/mol. The first-order valence-corrected chi connectivity index (χ1v) is 6.89. The van der Waals surface area contributed by atoms with E-state index in [2.05, 4.69) is 23.6 Å². The predicted molar refractivity (Wildman–Crippen MR) is 45.2 cm³/mol. The van der Waals surface area contributed by atoms with Gasteiger partial charge < -0.3 is 33.6 Å². The summed E-state index contributed by atoms with van der Waals surface area (Å²) >= 11 is 7.21. The normalized spacial score (nSPS) is 9.08. The Hall–Kier alpha value is 4.06. The van der Waals surface area contributed by atoms with E-state index in [0.29, 0.717) is 0 Å². The molecule has 0 fully saturated rings. The minimum Gasteiger partial charge on any atom is -1.00 e. The van der Waals surface area contributed by atoms with Gasteiger partial charge in [-0.1, -0.05) is 0 Å². The Morgan fingerprint density at radius 2 is 0.615 bits per heavy atom. The maximum Gasteiger partial charge on any atom is 1.00 e. The van der Waals surface area contributed by atoms with Crippen LogP contribution in [0.25, 0.3) is 0 Å².